The lowest BCUT2D eigenvalue weighted by molar-refractivity contribution is 0.535. The van der Waals surface area contributed by atoms with E-state index in [9.17, 15) is 0 Å². The summed E-state index contributed by atoms with van der Waals surface area (Å²) in [4.78, 5) is 0. The predicted octanol–water partition coefficient (Wildman–Crippen LogP) is 9.23. The molecule has 27 heavy (non-hydrogen) atoms. The average molecular weight is 396 g/mol. The standard InChI is InChI=1S/C25H43Cl.H3N/c1-4-5-6-7-8-9-10-11-12-13-14-15-16-17-18-25-23(3)22(2)19-20-24(25)21-26;/h19-20H,4-18,21H2,1-3H3;1H3. The summed E-state index contributed by atoms with van der Waals surface area (Å²) in [5.74, 6) is 0.648. The van der Waals surface area contributed by atoms with Gasteiger partial charge in [-0.3, -0.25) is 0 Å². The van der Waals surface area contributed by atoms with Gasteiger partial charge in [0.15, 0.2) is 0 Å². The van der Waals surface area contributed by atoms with Gasteiger partial charge in [0, 0.05) is 5.88 Å². The highest BCUT2D eigenvalue weighted by Crippen LogP contribution is 2.22. The Morgan fingerprint density at radius 1 is 0.667 bits per heavy atom. The topological polar surface area (TPSA) is 35.0 Å². The molecule has 158 valence electrons. The maximum atomic E-state index is 6.12. The van der Waals surface area contributed by atoms with E-state index in [1.165, 1.54) is 119 Å². The second-order valence-corrected chi connectivity index (χ2v) is 8.39. The van der Waals surface area contributed by atoms with Crippen LogP contribution in [-0.4, -0.2) is 0 Å². The number of aryl methyl sites for hydroxylation is 1. The highest BCUT2D eigenvalue weighted by atomic mass is 35.5. The first kappa shape index (κ1) is 26.5. The molecule has 1 aromatic carbocycles. The van der Waals surface area contributed by atoms with Gasteiger partial charge in [0.25, 0.3) is 0 Å². The lowest BCUT2D eigenvalue weighted by Crippen LogP contribution is -1.98. The van der Waals surface area contributed by atoms with Crippen LogP contribution in [0.4, 0.5) is 0 Å². The average Bonchev–Trinajstić information content (AvgIpc) is 2.65. The summed E-state index contributed by atoms with van der Waals surface area (Å²) in [5.41, 5.74) is 5.71. The van der Waals surface area contributed by atoms with Gasteiger partial charge in [-0.15, -0.1) is 11.6 Å². The van der Waals surface area contributed by atoms with E-state index in [-0.39, 0.29) is 6.15 Å². The number of alkyl halides is 1. The zero-order valence-electron chi connectivity index (χ0n) is 18.6. The Morgan fingerprint density at radius 3 is 1.56 bits per heavy atom. The molecule has 0 heterocycles. The van der Waals surface area contributed by atoms with E-state index in [2.05, 4.69) is 32.9 Å². The molecule has 0 amide bonds. The summed E-state index contributed by atoms with van der Waals surface area (Å²) in [6.45, 7) is 6.76. The summed E-state index contributed by atoms with van der Waals surface area (Å²) in [6.07, 6.45) is 21.1. The highest BCUT2D eigenvalue weighted by molar-refractivity contribution is 6.17. The Bertz CT molecular complexity index is 470. The van der Waals surface area contributed by atoms with Crippen LogP contribution in [0.5, 0.6) is 0 Å². The van der Waals surface area contributed by atoms with Gasteiger partial charge in [0.05, 0.1) is 0 Å². The van der Waals surface area contributed by atoms with Crippen molar-refractivity contribution in [3.8, 4) is 0 Å². The van der Waals surface area contributed by atoms with E-state index in [1.54, 1.807) is 0 Å². The Kier molecular flexibility index (Phi) is 17.2. The quantitative estimate of drug-likeness (QED) is 0.219. The van der Waals surface area contributed by atoms with Crippen molar-refractivity contribution in [1.29, 1.82) is 0 Å². The van der Waals surface area contributed by atoms with E-state index in [4.69, 9.17) is 11.6 Å². The molecule has 2 heteroatoms. The number of unbranched alkanes of at least 4 members (excludes halogenated alkanes) is 13. The zero-order chi connectivity index (χ0) is 19.0. The maximum absolute atomic E-state index is 6.12. The van der Waals surface area contributed by atoms with E-state index in [0.29, 0.717) is 5.88 Å². The molecule has 0 atom stereocenters. The summed E-state index contributed by atoms with van der Waals surface area (Å²) >= 11 is 6.12. The van der Waals surface area contributed by atoms with Crippen LogP contribution in [-0.2, 0) is 12.3 Å². The van der Waals surface area contributed by atoms with E-state index in [0.717, 1.165) is 0 Å². The molecule has 0 aliphatic heterocycles. The molecule has 0 aliphatic rings. The third-order valence-corrected chi connectivity index (χ3v) is 6.18. The van der Waals surface area contributed by atoms with Crippen LogP contribution in [0.3, 0.4) is 0 Å². The Labute approximate surface area is 175 Å². The molecule has 1 nitrogen and oxygen atoms in total. The van der Waals surface area contributed by atoms with E-state index < -0.39 is 0 Å². The van der Waals surface area contributed by atoms with Gasteiger partial charge in [0.2, 0.25) is 0 Å². The molecule has 0 bridgehead atoms. The highest BCUT2D eigenvalue weighted by Gasteiger charge is 2.07. The van der Waals surface area contributed by atoms with Crippen LogP contribution in [0.15, 0.2) is 12.1 Å². The van der Waals surface area contributed by atoms with Gasteiger partial charge in [-0.05, 0) is 48.9 Å². The third-order valence-electron chi connectivity index (χ3n) is 5.89. The minimum atomic E-state index is 0. The molecule has 0 saturated heterocycles. The summed E-state index contributed by atoms with van der Waals surface area (Å²) in [6, 6.07) is 4.43. The van der Waals surface area contributed by atoms with Crippen molar-refractivity contribution in [3.05, 3.63) is 34.4 Å². The Morgan fingerprint density at radius 2 is 1.11 bits per heavy atom. The third kappa shape index (κ3) is 11.8. The van der Waals surface area contributed by atoms with Crippen molar-refractivity contribution in [3.63, 3.8) is 0 Å². The molecule has 1 aromatic rings. The molecule has 0 fully saturated rings. The minimum Gasteiger partial charge on any atom is -0.344 e. The largest absolute Gasteiger partial charge is 0.344 e. The fourth-order valence-electron chi connectivity index (χ4n) is 3.90. The van der Waals surface area contributed by atoms with E-state index in [1.807, 2.05) is 0 Å². The van der Waals surface area contributed by atoms with Crippen molar-refractivity contribution in [1.82, 2.24) is 6.15 Å². The van der Waals surface area contributed by atoms with Crippen molar-refractivity contribution < 1.29 is 0 Å². The first-order chi connectivity index (χ1) is 12.7. The summed E-state index contributed by atoms with van der Waals surface area (Å²) in [7, 11) is 0. The van der Waals surface area contributed by atoms with Crippen molar-refractivity contribution in [2.24, 2.45) is 0 Å². The molecule has 0 saturated carbocycles. The Hall–Kier alpha value is -0.530. The van der Waals surface area contributed by atoms with Gasteiger partial charge in [-0.25, -0.2) is 0 Å². The number of hydrogen-bond acceptors (Lipinski definition) is 1. The van der Waals surface area contributed by atoms with Crippen molar-refractivity contribution in [2.45, 2.75) is 123 Å². The van der Waals surface area contributed by atoms with Crippen molar-refractivity contribution in [2.75, 3.05) is 0 Å². The molecule has 0 aliphatic carbocycles. The fraction of sp³-hybridized carbons (Fsp3) is 0.760. The molecule has 1 rings (SSSR count). The molecule has 0 unspecified atom stereocenters. The van der Waals surface area contributed by atoms with Gasteiger partial charge >= 0.3 is 0 Å². The zero-order valence-corrected chi connectivity index (χ0v) is 19.3. The monoisotopic (exact) mass is 395 g/mol. The predicted molar refractivity (Wildman–Crippen MR) is 125 cm³/mol. The molecule has 0 spiro atoms. The second kappa shape index (κ2) is 17.6. The SMILES string of the molecule is CCCCCCCCCCCCCCCCc1c(CCl)ccc(C)c1C.N. The van der Waals surface area contributed by atoms with Crippen LogP contribution >= 0.6 is 11.6 Å². The first-order valence-corrected chi connectivity index (χ1v) is 11.9. The molecular formula is C25H46ClN. The first-order valence-electron chi connectivity index (χ1n) is 11.3. The maximum Gasteiger partial charge on any atom is 0.0476 e. The second-order valence-electron chi connectivity index (χ2n) is 8.12. The van der Waals surface area contributed by atoms with Crippen LogP contribution < -0.4 is 6.15 Å². The number of benzene rings is 1. The summed E-state index contributed by atoms with van der Waals surface area (Å²) in [5, 5.41) is 0. The molecule has 3 N–H and O–H groups in total. The molecule has 0 aromatic heterocycles. The van der Waals surface area contributed by atoms with E-state index >= 15 is 0 Å². The lowest BCUT2D eigenvalue weighted by Gasteiger charge is -2.13. The minimum absolute atomic E-state index is 0. The van der Waals surface area contributed by atoms with Gasteiger partial charge in [0.1, 0.15) is 0 Å². The van der Waals surface area contributed by atoms with Gasteiger partial charge in [-0.2, -0.15) is 0 Å². The van der Waals surface area contributed by atoms with Crippen LogP contribution in [0.2, 0.25) is 0 Å². The van der Waals surface area contributed by atoms with Crippen molar-refractivity contribution >= 4 is 11.6 Å². The van der Waals surface area contributed by atoms with Gasteiger partial charge < -0.3 is 6.15 Å². The number of hydrogen-bond donors (Lipinski definition) is 1. The van der Waals surface area contributed by atoms with Crippen LogP contribution in [0.25, 0.3) is 0 Å². The molecule has 0 radical (unpaired) electrons. The lowest BCUT2D eigenvalue weighted by atomic mass is 9.94. The van der Waals surface area contributed by atoms with Gasteiger partial charge in [-0.1, -0.05) is 103 Å². The Balaban J connectivity index is 0.00000676. The summed E-state index contributed by atoms with van der Waals surface area (Å²) < 4.78 is 0. The molecular weight excluding hydrogens is 350 g/mol. The van der Waals surface area contributed by atoms with Crippen LogP contribution in [0.1, 0.15) is 119 Å². The number of rotatable bonds is 16. The smallest absolute Gasteiger partial charge is 0.0476 e. The normalized spacial score (nSPS) is 10.8. The number of halogens is 1. The van der Waals surface area contributed by atoms with Crippen LogP contribution in [0, 0.1) is 13.8 Å². The fourth-order valence-corrected chi connectivity index (χ4v) is 4.15.